The zero-order valence-corrected chi connectivity index (χ0v) is 13.8. The number of hydrogen-bond donors (Lipinski definition) is 2. The number of benzene rings is 1. The van der Waals surface area contributed by atoms with E-state index in [0.717, 1.165) is 25.7 Å². The Bertz CT molecular complexity index is 558. The smallest absolute Gasteiger partial charge is 0.242 e. The van der Waals surface area contributed by atoms with Crippen LogP contribution < -0.4 is 10.5 Å². The highest BCUT2D eigenvalue weighted by atomic mass is 35.5. The minimum atomic E-state index is -3.64. The Hall–Kier alpha value is -0.0400. The summed E-state index contributed by atoms with van der Waals surface area (Å²) in [5.41, 5.74) is 5.80. The topological polar surface area (TPSA) is 72.2 Å². The third-order valence-electron chi connectivity index (χ3n) is 3.30. The van der Waals surface area contributed by atoms with Crippen LogP contribution in [0.4, 0.5) is 0 Å². The van der Waals surface area contributed by atoms with E-state index in [4.69, 9.17) is 28.9 Å². The summed E-state index contributed by atoms with van der Waals surface area (Å²) in [6, 6.07) is 4.67. The number of hydrogen-bond acceptors (Lipinski definition) is 3. The Kier molecular flexibility index (Phi) is 6.57. The first-order chi connectivity index (χ1) is 8.90. The van der Waals surface area contributed by atoms with Crippen molar-refractivity contribution < 1.29 is 8.42 Å². The van der Waals surface area contributed by atoms with Gasteiger partial charge < -0.3 is 5.73 Å². The molecule has 0 radical (unpaired) electrons. The van der Waals surface area contributed by atoms with Crippen LogP contribution in [0.2, 0.25) is 10.0 Å². The van der Waals surface area contributed by atoms with E-state index in [-0.39, 0.29) is 39.4 Å². The Morgan fingerprint density at radius 2 is 1.75 bits per heavy atom. The second kappa shape index (κ2) is 7.29. The van der Waals surface area contributed by atoms with Crippen LogP contribution in [0.5, 0.6) is 0 Å². The van der Waals surface area contributed by atoms with Gasteiger partial charge >= 0.3 is 0 Å². The van der Waals surface area contributed by atoms with E-state index in [1.807, 2.05) is 0 Å². The largest absolute Gasteiger partial charge is 0.328 e. The predicted octanol–water partition coefficient (Wildman–Crippen LogP) is 2.96. The molecule has 1 aliphatic carbocycles. The van der Waals surface area contributed by atoms with Crippen molar-refractivity contribution >= 4 is 45.6 Å². The highest BCUT2D eigenvalue weighted by molar-refractivity contribution is 7.89. The summed E-state index contributed by atoms with van der Waals surface area (Å²) in [5.74, 6) is 0. The first-order valence-electron chi connectivity index (χ1n) is 6.12. The average Bonchev–Trinajstić information content (AvgIpc) is 2.35. The van der Waals surface area contributed by atoms with Crippen molar-refractivity contribution in [3.05, 3.63) is 28.2 Å². The molecule has 1 aromatic carbocycles. The van der Waals surface area contributed by atoms with Gasteiger partial charge in [0.1, 0.15) is 4.90 Å². The normalized spacial score (nSPS) is 23.1. The van der Waals surface area contributed by atoms with Crippen molar-refractivity contribution in [3.63, 3.8) is 0 Å². The summed E-state index contributed by atoms with van der Waals surface area (Å²) in [6.07, 6.45) is 3.16. The molecule has 1 saturated carbocycles. The van der Waals surface area contributed by atoms with Crippen LogP contribution in [0.15, 0.2) is 23.1 Å². The summed E-state index contributed by atoms with van der Waals surface area (Å²) in [4.78, 5) is 0.0246. The molecule has 20 heavy (non-hydrogen) atoms. The van der Waals surface area contributed by atoms with Gasteiger partial charge in [0.15, 0.2) is 0 Å². The monoisotopic (exact) mass is 358 g/mol. The second-order valence-electron chi connectivity index (χ2n) is 4.78. The number of nitrogens with one attached hydrogen (secondary N) is 1. The van der Waals surface area contributed by atoms with Crippen molar-refractivity contribution in [1.82, 2.24) is 4.72 Å². The third kappa shape index (κ3) is 4.23. The summed E-state index contributed by atoms with van der Waals surface area (Å²) < 4.78 is 27.2. The summed E-state index contributed by atoms with van der Waals surface area (Å²) >= 11 is 11.8. The van der Waals surface area contributed by atoms with Gasteiger partial charge in [0.25, 0.3) is 0 Å². The molecule has 0 spiro atoms. The molecule has 0 aliphatic heterocycles. The van der Waals surface area contributed by atoms with Gasteiger partial charge in [-0.15, -0.1) is 12.4 Å². The van der Waals surface area contributed by atoms with Gasteiger partial charge in [0.05, 0.1) is 10.0 Å². The lowest BCUT2D eigenvalue weighted by atomic mass is 9.93. The summed E-state index contributed by atoms with van der Waals surface area (Å²) in [5, 5.41) is 0.291. The van der Waals surface area contributed by atoms with E-state index < -0.39 is 10.0 Å². The van der Waals surface area contributed by atoms with Crippen LogP contribution in [-0.2, 0) is 10.0 Å². The van der Waals surface area contributed by atoms with Gasteiger partial charge in [-0.1, -0.05) is 29.3 Å². The van der Waals surface area contributed by atoms with Crippen LogP contribution >= 0.6 is 35.6 Å². The molecule has 0 saturated heterocycles. The van der Waals surface area contributed by atoms with Crippen molar-refractivity contribution in [3.8, 4) is 0 Å². The summed E-state index contributed by atoms with van der Waals surface area (Å²) in [7, 11) is -3.64. The molecular formula is C12H17Cl3N2O2S. The van der Waals surface area contributed by atoms with Crippen LogP contribution in [0, 0.1) is 0 Å². The number of nitrogens with two attached hydrogens (primary N) is 1. The van der Waals surface area contributed by atoms with E-state index in [1.54, 1.807) is 12.1 Å². The Labute approximate surface area is 135 Å². The molecule has 0 amide bonds. The molecule has 0 unspecified atom stereocenters. The molecule has 0 bridgehead atoms. The molecule has 1 aliphatic rings. The Morgan fingerprint density at radius 1 is 1.15 bits per heavy atom. The third-order valence-corrected chi connectivity index (χ3v) is 5.79. The molecule has 114 valence electrons. The lowest BCUT2D eigenvalue weighted by molar-refractivity contribution is 0.373. The second-order valence-corrected chi connectivity index (χ2v) is 7.25. The average molecular weight is 360 g/mol. The van der Waals surface area contributed by atoms with E-state index in [0.29, 0.717) is 0 Å². The Morgan fingerprint density at radius 3 is 2.35 bits per heavy atom. The van der Waals surface area contributed by atoms with E-state index in [1.165, 1.54) is 6.07 Å². The fourth-order valence-corrected chi connectivity index (χ4v) is 4.28. The fourth-order valence-electron chi connectivity index (χ4n) is 2.21. The van der Waals surface area contributed by atoms with Crippen molar-refractivity contribution in [2.45, 2.75) is 42.7 Å². The van der Waals surface area contributed by atoms with E-state index in [9.17, 15) is 8.42 Å². The van der Waals surface area contributed by atoms with Crippen molar-refractivity contribution in [1.29, 1.82) is 0 Å². The highest BCUT2D eigenvalue weighted by Crippen LogP contribution is 2.29. The molecule has 4 nitrogen and oxygen atoms in total. The van der Waals surface area contributed by atoms with Gasteiger partial charge in [0.2, 0.25) is 10.0 Å². The minimum Gasteiger partial charge on any atom is -0.328 e. The molecule has 3 N–H and O–H groups in total. The first kappa shape index (κ1) is 18.0. The van der Waals surface area contributed by atoms with Crippen molar-refractivity contribution in [2.24, 2.45) is 5.73 Å². The van der Waals surface area contributed by atoms with Crippen LogP contribution in [0.1, 0.15) is 25.7 Å². The molecule has 1 aromatic rings. The standard InChI is InChI=1S/C12H16Cl2N2O2S.ClH/c13-10-2-1-3-11(12(10)14)19(17,18)16-9-6-4-8(15)5-7-9;/h1-3,8-9,16H,4-7,15H2;1H. The van der Waals surface area contributed by atoms with Gasteiger partial charge in [-0.05, 0) is 37.8 Å². The lowest BCUT2D eigenvalue weighted by Crippen LogP contribution is -2.40. The van der Waals surface area contributed by atoms with E-state index in [2.05, 4.69) is 4.72 Å². The summed E-state index contributed by atoms with van der Waals surface area (Å²) in [6.45, 7) is 0. The van der Waals surface area contributed by atoms with Crippen LogP contribution in [0.3, 0.4) is 0 Å². The first-order valence-corrected chi connectivity index (χ1v) is 8.36. The maximum atomic E-state index is 12.3. The maximum Gasteiger partial charge on any atom is 0.242 e. The highest BCUT2D eigenvalue weighted by Gasteiger charge is 2.26. The maximum absolute atomic E-state index is 12.3. The Balaban J connectivity index is 0.00000200. The van der Waals surface area contributed by atoms with Gasteiger partial charge in [0, 0.05) is 12.1 Å². The minimum absolute atomic E-state index is 0. The molecule has 1 fully saturated rings. The van der Waals surface area contributed by atoms with Gasteiger partial charge in [-0.2, -0.15) is 0 Å². The molecule has 2 rings (SSSR count). The molecular weight excluding hydrogens is 343 g/mol. The SMILES string of the molecule is Cl.NC1CCC(NS(=O)(=O)c2cccc(Cl)c2Cl)CC1. The van der Waals surface area contributed by atoms with Crippen molar-refractivity contribution in [2.75, 3.05) is 0 Å². The number of halogens is 3. The molecule has 0 atom stereocenters. The van der Waals surface area contributed by atoms with Crippen LogP contribution in [0.25, 0.3) is 0 Å². The fraction of sp³-hybridized carbons (Fsp3) is 0.500. The quantitative estimate of drug-likeness (QED) is 0.871. The molecule has 8 heteroatoms. The zero-order chi connectivity index (χ0) is 14.0. The molecule has 0 aromatic heterocycles. The molecule has 0 heterocycles. The van der Waals surface area contributed by atoms with Gasteiger partial charge in [-0.25, -0.2) is 13.1 Å². The zero-order valence-electron chi connectivity index (χ0n) is 10.7. The van der Waals surface area contributed by atoms with E-state index >= 15 is 0 Å². The number of rotatable bonds is 3. The number of sulfonamides is 1. The van der Waals surface area contributed by atoms with Crippen LogP contribution in [-0.4, -0.2) is 20.5 Å². The lowest BCUT2D eigenvalue weighted by Gasteiger charge is -2.26. The van der Waals surface area contributed by atoms with Gasteiger partial charge in [-0.3, -0.25) is 0 Å². The predicted molar refractivity (Wildman–Crippen MR) is 84.3 cm³/mol.